The van der Waals surface area contributed by atoms with E-state index in [1.165, 1.54) is 11.3 Å². The fourth-order valence-corrected chi connectivity index (χ4v) is 3.66. The van der Waals surface area contributed by atoms with E-state index in [1.54, 1.807) is 12.0 Å². The summed E-state index contributed by atoms with van der Waals surface area (Å²) in [4.78, 5) is 19.1. The molecule has 0 aliphatic carbocycles. The van der Waals surface area contributed by atoms with Gasteiger partial charge in [0.05, 0.1) is 30.0 Å². The third-order valence-electron chi connectivity index (χ3n) is 3.98. The summed E-state index contributed by atoms with van der Waals surface area (Å²) < 4.78 is 12.0. The lowest BCUT2D eigenvalue weighted by Gasteiger charge is -2.24. The van der Waals surface area contributed by atoms with Gasteiger partial charge in [0, 0.05) is 18.6 Å². The van der Waals surface area contributed by atoms with Crippen molar-refractivity contribution in [3.63, 3.8) is 0 Å². The van der Waals surface area contributed by atoms with Crippen molar-refractivity contribution >= 4 is 32.6 Å². The number of hydrogen-bond donors (Lipinski definition) is 0. The van der Waals surface area contributed by atoms with Gasteiger partial charge in [0.1, 0.15) is 5.75 Å². The molecule has 23 heavy (non-hydrogen) atoms. The van der Waals surface area contributed by atoms with Crippen molar-refractivity contribution in [2.24, 2.45) is 5.92 Å². The molecule has 1 amide bonds. The van der Waals surface area contributed by atoms with Gasteiger partial charge in [-0.05, 0) is 25.0 Å². The quantitative estimate of drug-likeness (QED) is 0.840. The number of fused-ring (bicyclic) bond motifs is 1. The molecule has 0 bridgehead atoms. The van der Waals surface area contributed by atoms with E-state index in [0.29, 0.717) is 6.54 Å². The molecule has 1 aliphatic heterocycles. The lowest BCUT2D eigenvalue weighted by atomic mass is 10.1. The first kappa shape index (κ1) is 16.2. The lowest BCUT2D eigenvalue weighted by molar-refractivity contribution is -0.121. The molecule has 0 radical (unpaired) electrons. The molecule has 2 heterocycles. The van der Waals surface area contributed by atoms with Gasteiger partial charge in [-0.1, -0.05) is 25.2 Å². The molecule has 5 nitrogen and oxygen atoms in total. The topological polar surface area (TPSA) is 51.7 Å². The second-order valence-corrected chi connectivity index (χ2v) is 7.08. The van der Waals surface area contributed by atoms with E-state index in [1.807, 2.05) is 32.0 Å². The molecule has 1 aliphatic rings. The van der Waals surface area contributed by atoms with Crippen molar-refractivity contribution in [1.29, 1.82) is 0 Å². The summed E-state index contributed by atoms with van der Waals surface area (Å²) in [6, 6.07) is 5.80. The fourth-order valence-electron chi connectivity index (χ4n) is 2.70. The average molecular weight is 334 g/mol. The van der Waals surface area contributed by atoms with Gasteiger partial charge in [-0.15, -0.1) is 0 Å². The SMILES string of the molecule is COc1ccc2sc(N(CC3CCCO3)C(=O)C(C)C)nc2c1. The maximum absolute atomic E-state index is 12.6. The Morgan fingerprint density at radius 3 is 3.00 bits per heavy atom. The van der Waals surface area contributed by atoms with Crippen LogP contribution in [0.4, 0.5) is 5.13 Å². The Morgan fingerprint density at radius 2 is 2.35 bits per heavy atom. The highest BCUT2D eigenvalue weighted by atomic mass is 32.1. The van der Waals surface area contributed by atoms with Crippen LogP contribution in [0.1, 0.15) is 26.7 Å². The number of carbonyl (C=O) groups excluding carboxylic acids is 1. The maximum atomic E-state index is 12.6. The van der Waals surface area contributed by atoms with Crippen molar-refractivity contribution in [1.82, 2.24) is 4.98 Å². The zero-order chi connectivity index (χ0) is 16.4. The minimum Gasteiger partial charge on any atom is -0.497 e. The Labute approximate surface area is 140 Å². The molecule has 1 atom stereocenters. The van der Waals surface area contributed by atoms with Crippen molar-refractivity contribution in [3.05, 3.63) is 18.2 Å². The summed E-state index contributed by atoms with van der Waals surface area (Å²) in [6.45, 7) is 5.20. The molecule has 0 N–H and O–H groups in total. The number of benzene rings is 1. The van der Waals surface area contributed by atoms with Crippen LogP contribution in [0, 0.1) is 5.92 Å². The fraction of sp³-hybridized carbons (Fsp3) is 0.529. The molecule has 6 heteroatoms. The van der Waals surface area contributed by atoms with Crippen molar-refractivity contribution < 1.29 is 14.3 Å². The van der Waals surface area contributed by atoms with Gasteiger partial charge in [0.25, 0.3) is 0 Å². The third-order valence-corrected chi connectivity index (χ3v) is 5.04. The number of rotatable bonds is 5. The maximum Gasteiger partial charge on any atom is 0.231 e. The number of amides is 1. The Bertz CT molecular complexity index is 692. The summed E-state index contributed by atoms with van der Waals surface area (Å²) in [6.07, 6.45) is 2.17. The monoisotopic (exact) mass is 334 g/mol. The van der Waals surface area contributed by atoms with E-state index in [-0.39, 0.29) is 17.9 Å². The van der Waals surface area contributed by atoms with Crippen LogP contribution in [0.3, 0.4) is 0 Å². The van der Waals surface area contributed by atoms with Crippen molar-refractivity contribution in [3.8, 4) is 5.75 Å². The zero-order valence-electron chi connectivity index (χ0n) is 13.7. The van der Waals surface area contributed by atoms with Crippen molar-refractivity contribution in [2.75, 3.05) is 25.2 Å². The van der Waals surface area contributed by atoms with Crippen molar-refractivity contribution in [2.45, 2.75) is 32.8 Å². The molecule has 1 aromatic heterocycles. The molecule has 1 aromatic carbocycles. The minimum absolute atomic E-state index is 0.0713. The summed E-state index contributed by atoms with van der Waals surface area (Å²) in [5.41, 5.74) is 0.859. The molecule has 1 fully saturated rings. The number of carbonyl (C=O) groups is 1. The van der Waals surface area contributed by atoms with Gasteiger partial charge in [-0.3, -0.25) is 9.69 Å². The zero-order valence-corrected chi connectivity index (χ0v) is 14.6. The highest BCUT2D eigenvalue weighted by Gasteiger charge is 2.27. The molecule has 2 aromatic rings. The smallest absolute Gasteiger partial charge is 0.231 e. The Hall–Kier alpha value is -1.66. The summed E-state index contributed by atoms with van der Waals surface area (Å²) in [7, 11) is 1.64. The van der Waals surface area contributed by atoms with Crippen LogP contribution in [0.2, 0.25) is 0 Å². The summed E-state index contributed by atoms with van der Waals surface area (Å²) >= 11 is 1.54. The Morgan fingerprint density at radius 1 is 1.52 bits per heavy atom. The first-order valence-electron chi connectivity index (χ1n) is 7.96. The van der Waals surface area contributed by atoms with Crippen LogP contribution in [0.5, 0.6) is 5.75 Å². The average Bonchev–Trinajstić information content (AvgIpc) is 3.19. The number of thiazole rings is 1. The van der Waals surface area contributed by atoms with Crippen LogP contribution in [-0.2, 0) is 9.53 Å². The van der Waals surface area contributed by atoms with E-state index in [0.717, 1.165) is 40.5 Å². The normalized spacial score (nSPS) is 17.8. The number of ether oxygens (including phenoxy) is 2. The van der Waals surface area contributed by atoms with Gasteiger partial charge in [0.15, 0.2) is 5.13 Å². The predicted molar refractivity (Wildman–Crippen MR) is 92.3 cm³/mol. The molecule has 0 spiro atoms. The first-order valence-corrected chi connectivity index (χ1v) is 8.77. The van der Waals surface area contributed by atoms with Crippen LogP contribution < -0.4 is 9.64 Å². The van der Waals surface area contributed by atoms with Gasteiger partial charge in [-0.25, -0.2) is 4.98 Å². The Kier molecular flexibility index (Phi) is 4.82. The molecule has 0 saturated carbocycles. The molecule has 124 valence electrons. The van der Waals surface area contributed by atoms with E-state index in [2.05, 4.69) is 4.98 Å². The second kappa shape index (κ2) is 6.84. The number of anilines is 1. The number of methoxy groups -OCH3 is 1. The third kappa shape index (κ3) is 3.48. The van der Waals surface area contributed by atoms with E-state index >= 15 is 0 Å². The van der Waals surface area contributed by atoms with Gasteiger partial charge >= 0.3 is 0 Å². The Balaban J connectivity index is 1.92. The first-order chi connectivity index (χ1) is 11.1. The van der Waals surface area contributed by atoms with Gasteiger partial charge < -0.3 is 9.47 Å². The van der Waals surface area contributed by atoms with Gasteiger partial charge in [0.2, 0.25) is 5.91 Å². The molecular weight excluding hydrogens is 312 g/mol. The molecule has 1 saturated heterocycles. The number of nitrogens with zero attached hydrogens (tertiary/aromatic N) is 2. The van der Waals surface area contributed by atoms with Gasteiger partial charge in [-0.2, -0.15) is 0 Å². The van der Waals surface area contributed by atoms with E-state index in [4.69, 9.17) is 9.47 Å². The predicted octanol–water partition coefficient (Wildman–Crippen LogP) is 3.47. The molecule has 1 unspecified atom stereocenters. The highest BCUT2D eigenvalue weighted by molar-refractivity contribution is 7.22. The second-order valence-electron chi connectivity index (χ2n) is 6.07. The standard InChI is InChI=1S/C17H22N2O3S/c1-11(2)16(20)19(10-13-5-4-8-22-13)17-18-14-9-12(21-3)6-7-15(14)23-17/h6-7,9,11,13H,4-5,8,10H2,1-3H3. The lowest BCUT2D eigenvalue weighted by Crippen LogP contribution is -2.39. The number of hydrogen-bond acceptors (Lipinski definition) is 5. The van der Waals surface area contributed by atoms with Crippen LogP contribution in [-0.4, -0.2) is 37.3 Å². The molecule has 3 rings (SSSR count). The van der Waals surface area contributed by atoms with E-state index in [9.17, 15) is 4.79 Å². The summed E-state index contributed by atoms with van der Waals surface area (Å²) in [5, 5.41) is 0.738. The number of aromatic nitrogens is 1. The highest BCUT2D eigenvalue weighted by Crippen LogP contribution is 2.32. The van der Waals surface area contributed by atoms with Crippen LogP contribution in [0.15, 0.2) is 18.2 Å². The summed E-state index contributed by atoms with van der Waals surface area (Å²) in [5.74, 6) is 0.791. The van der Waals surface area contributed by atoms with E-state index < -0.39 is 0 Å². The largest absolute Gasteiger partial charge is 0.497 e. The van der Waals surface area contributed by atoms with Crippen LogP contribution >= 0.6 is 11.3 Å². The molecular formula is C17H22N2O3S. The van der Waals surface area contributed by atoms with Crippen LogP contribution in [0.25, 0.3) is 10.2 Å². The minimum atomic E-state index is -0.0713.